The lowest BCUT2D eigenvalue weighted by Crippen LogP contribution is -2.59. The summed E-state index contributed by atoms with van der Waals surface area (Å²) in [6.07, 6.45) is 0.294. The molecule has 0 aromatic heterocycles. The van der Waals surface area contributed by atoms with Crippen LogP contribution in [0.4, 0.5) is 4.79 Å². The van der Waals surface area contributed by atoms with E-state index in [1.807, 2.05) is 13.8 Å². The van der Waals surface area contributed by atoms with Gasteiger partial charge in [0.2, 0.25) is 17.7 Å². The zero-order chi connectivity index (χ0) is 14.6. The molecule has 1 unspecified atom stereocenters. The number of urea groups is 1. The van der Waals surface area contributed by atoms with Crippen LogP contribution in [0.2, 0.25) is 0 Å². The number of amides is 5. The van der Waals surface area contributed by atoms with E-state index in [4.69, 9.17) is 0 Å². The molecule has 7 heteroatoms. The molecule has 1 rings (SSSR count). The lowest BCUT2D eigenvalue weighted by molar-refractivity contribution is -0.144. The van der Waals surface area contributed by atoms with E-state index in [-0.39, 0.29) is 12.5 Å². The van der Waals surface area contributed by atoms with Crippen molar-refractivity contribution in [2.45, 2.75) is 27.2 Å². The fourth-order valence-electron chi connectivity index (χ4n) is 1.69. The summed E-state index contributed by atoms with van der Waals surface area (Å²) in [7, 11) is 0. The number of nitrogens with zero attached hydrogens (tertiary/aromatic N) is 1. The third kappa shape index (κ3) is 3.77. The molecule has 1 fully saturated rings. The number of barbiturate groups is 1. The standard InChI is InChI=1S/C12H19N3O4/c1-4-8-10(17)14-12(19)15(11(8)18)6-9(16)13-5-7(2)3/h7-8H,4-6H2,1-3H3,(H,13,16)(H,14,17,19). The van der Waals surface area contributed by atoms with Crippen molar-refractivity contribution in [3.8, 4) is 0 Å². The van der Waals surface area contributed by atoms with Crippen LogP contribution in [-0.2, 0) is 14.4 Å². The van der Waals surface area contributed by atoms with Crippen LogP contribution in [0.15, 0.2) is 0 Å². The van der Waals surface area contributed by atoms with Crippen molar-refractivity contribution in [3.63, 3.8) is 0 Å². The predicted octanol–water partition coefficient (Wildman–Crippen LogP) is -0.137. The lowest BCUT2D eigenvalue weighted by atomic mass is 10.0. The number of nitrogens with one attached hydrogen (secondary N) is 2. The molecule has 0 radical (unpaired) electrons. The SMILES string of the molecule is CCC1C(=O)NC(=O)N(CC(=O)NCC(C)C)C1=O. The Hall–Kier alpha value is -1.92. The van der Waals surface area contributed by atoms with Gasteiger partial charge in [0.25, 0.3) is 0 Å². The fraction of sp³-hybridized carbons (Fsp3) is 0.667. The molecular formula is C12H19N3O4. The summed E-state index contributed by atoms with van der Waals surface area (Å²) in [4.78, 5) is 47.3. The van der Waals surface area contributed by atoms with Crippen molar-refractivity contribution >= 4 is 23.8 Å². The maximum Gasteiger partial charge on any atom is 0.331 e. The van der Waals surface area contributed by atoms with Crippen molar-refractivity contribution in [1.29, 1.82) is 0 Å². The van der Waals surface area contributed by atoms with Crippen molar-refractivity contribution < 1.29 is 19.2 Å². The Kier molecular flexibility index (Phi) is 5.02. The van der Waals surface area contributed by atoms with E-state index in [1.54, 1.807) is 6.92 Å². The van der Waals surface area contributed by atoms with Gasteiger partial charge in [0.15, 0.2) is 0 Å². The first-order chi connectivity index (χ1) is 8.86. The van der Waals surface area contributed by atoms with Gasteiger partial charge in [-0.2, -0.15) is 0 Å². The van der Waals surface area contributed by atoms with Crippen LogP contribution in [0.3, 0.4) is 0 Å². The molecule has 1 saturated heterocycles. The van der Waals surface area contributed by atoms with Gasteiger partial charge in [0.05, 0.1) is 0 Å². The molecule has 1 atom stereocenters. The molecule has 7 nitrogen and oxygen atoms in total. The van der Waals surface area contributed by atoms with Gasteiger partial charge in [-0.1, -0.05) is 20.8 Å². The van der Waals surface area contributed by atoms with Crippen LogP contribution in [0, 0.1) is 11.8 Å². The summed E-state index contributed by atoms with van der Waals surface area (Å²) in [6, 6.07) is -0.834. The highest BCUT2D eigenvalue weighted by Crippen LogP contribution is 2.13. The summed E-state index contributed by atoms with van der Waals surface area (Å²) < 4.78 is 0. The zero-order valence-electron chi connectivity index (χ0n) is 11.4. The topological polar surface area (TPSA) is 95.6 Å². The molecule has 19 heavy (non-hydrogen) atoms. The van der Waals surface area contributed by atoms with Crippen molar-refractivity contribution in [2.24, 2.45) is 11.8 Å². The largest absolute Gasteiger partial charge is 0.354 e. The Labute approximate surface area is 111 Å². The van der Waals surface area contributed by atoms with E-state index in [0.717, 1.165) is 4.90 Å². The van der Waals surface area contributed by atoms with Gasteiger partial charge in [0, 0.05) is 6.54 Å². The number of hydrogen-bond donors (Lipinski definition) is 2. The molecular weight excluding hydrogens is 250 g/mol. The number of imide groups is 2. The van der Waals surface area contributed by atoms with Crippen molar-refractivity contribution in [1.82, 2.24) is 15.5 Å². The molecule has 0 aliphatic carbocycles. The van der Waals surface area contributed by atoms with Gasteiger partial charge in [-0.15, -0.1) is 0 Å². The zero-order valence-corrected chi connectivity index (χ0v) is 11.4. The number of rotatable bonds is 5. The van der Waals surface area contributed by atoms with Gasteiger partial charge in [-0.05, 0) is 12.3 Å². The average Bonchev–Trinajstić information content (AvgIpc) is 2.32. The van der Waals surface area contributed by atoms with E-state index >= 15 is 0 Å². The van der Waals surface area contributed by atoms with E-state index in [2.05, 4.69) is 10.6 Å². The Balaban J connectivity index is 2.65. The smallest absolute Gasteiger partial charge is 0.331 e. The first-order valence-electron chi connectivity index (χ1n) is 6.29. The minimum absolute atomic E-state index is 0.278. The third-order valence-corrected chi connectivity index (χ3v) is 2.77. The Morgan fingerprint density at radius 1 is 1.37 bits per heavy atom. The van der Waals surface area contributed by atoms with Gasteiger partial charge >= 0.3 is 6.03 Å². The second kappa shape index (κ2) is 6.31. The average molecular weight is 269 g/mol. The van der Waals surface area contributed by atoms with Gasteiger partial charge < -0.3 is 5.32 Å². The van der Waals surface area contributed by atoms with Crippen molar-refractivity contribution in [2.75, 3.05) is 13.1 Å². The number of hydrogen-bond acceptors (Lipinski definition) is 4. The van der Waals surface area contributed by atoms with Crippen LogP contribution in [0.1, 0.15) is 27.2 Å². The highest BCUT2D eigenvalue weighted by Gasteiger charge is 2.39. The van der Waals surface area contributed by atoms with E-state index in [1.165, 1.54) is 0 Å². The molecule has 2 N–H and O–H groups in total. The van der Waals surface area contributed by atoms with E-state index in [0.29, 0.717) is 13.0 Å². The Morgan fingerprint density at radius 3 is 2.53 bits per heavy atom. The summed E-state index contributed by atoms with van der Waals surface area (Å²) in [6.45, 7) is 5.66. The van der Waals surface area contributed by atoms with Crippen LogP contribution >= 0.6 is 0 Å². The first kappa shape index (κ1) is 15.1. The summed E-state index contributed by atoms with van der Waals surface area (Å²) in [5.74, 6) is -2.25. The van der Waals surface area contributed by atoms with Gasteiger partial charge in [-0.3, -0.25) is 24.6 Å². The Bertz CT molecular complexity index is 406. The molecule has 0 bridgehead atoms. The molecule has 1 heterocycles. The quantitative estimate of drug-likeness (QED) is 0.679. The molecule has 0 aromatic rings. The maximum absolute atomic E-state index is 11.9. The van der Waals surface area contributed by atoms with Crippen LogP contribution in [0.25, 0.3) is 0 Å². The third-order valence-electron chi connectivity index (χ3n) is 2.77. The lowest BCUT2D eigenvalue weighted by Gasteiger charge is -2.29. The molecule has 0 aromatic carbocycles. The molecule has 1 aliphatic heterocycles. The monoisotopic (exact) mass is 269 g/mol. The fourth-order valence-corrected chi connectivity index (χ4v) is 1.69. The number of carbonyl (C=O) groups is 4. The highest BCUT2D eigenvalue weighted by molar-refractivity contribution is 6.17. The second-order valence-corrected chi connectivity index (χ2v) is 4.88. The normalized spacial score (nSPS) is 19.7. The second-order valence-electron chi connectivity index (χ2n) is 4.88. The van der Waals surface area contributed by atoms with Crippen molar-refractivity contribution in [3.05, 3.63) is 0 Å². The molecule has 106 valence electrons. The van der Waals surface area contributed by atoms with Crippen LogP contribution in [0.5, 0.6) is 0 Å². The van der Waals surface area contributed by atoms with Crippen LogP contribution < -0.4 is 10.6 Å². The summed E-state index contributed by atoms with van der Waals surface area (Å²) in [5, 5.41) is 4.70. The minimum Gasteiger partial charge on any atom is -0.354 e. The highest BCUT2D eigenvalue weighted by atomic mass is 16.2. The van der Waals surface area contributed by atoms with Crippen LogP contribution in [-0.4, -0.2) is 41.7 Å². The molecule has 0 spiro atoms. The van der Waals surface area contributed by atoms with Gasteiger partial charge in [0.1, 0.15) is 12.5 Å². The molecule has 1 aliphatic rings. The minimum atomic E-state index is -0.893. The summed E-state index contributed by atoms with van der Waals surface area (Å²) in [5.41, 5.74) is 0. The summed E-state index contributed by atoms with van der Waals surface area (Å²) >= 11 is 0. The maximum atomic E-state index is 11.9. The number of carbonyl (C=O) groups excluding carboxylic acids is 4. The first-order valence-corrected chi connectivity index (χ1v) is 6.29. The van der Waals surface area contributed by atoms with E-state index < -0.39 is 29.7 Å². The van der Waals surface area contributed by atoms with E-state index in [9.17, 15) is 19.2 Å². The molecule has 0 saturated carbocycles. The molecule has 5 amide bonds. The predicted molar refractivity (Wildman–Crippen MR) is 66.9 cm³/mol. The van der Waals surface area contributed by atoms with Gasteiger partial charge in [-0.25, -0.2) is 4.79 Å². The Morgan fingerprint density at radius 2 is 2.00 bits per heavy atom.